The van der Waals surface area contributed by atoms with Crippen molar-refractivity contribution in [2.45, 2.75) is 0 Å². The van der Waals surface area contributed by atoms with Gasteiger partial charge in [0.2, 0.25) is 5.90 Å². The summed E-state index contributed by atoms with van der Waals surface area (Å²) >= 11 is 12.5. The van der Waals surface area contributed by atoms with Crippen molar-refractivity contribution in [3.8, 4) is 17.2 Å². The van der Waals surface area contributed by atoms with Gasteiger partial charge in [-0.05, 0) is 48.0 Å². The van der Waals surface area contributed by atoms with Crippen molar-refractivity contribution < 1.29 is 23.7 Å². The van der Waals surface area contributed by atoms with Gasteiger partial charge in [0.25, 0.3) is 0 Å². The number of para-hydroxylation sites is 1. The van der Waals surface area contributed by atoms with Crippen molar-refractivity contribution in [2.75, 3.05) is 20.3 Å². The Labute approximate surface area is 201 Å². The lowest BCUT2D eigenvalue weighted by molar-refractivity contribution is -0.129. The molecule has 0 amide bonds. The van der Waals surface area contributed by atoms with Gasteiger partial charge in [-0.15, -0.1) is 0 Å². The third-order valence-corrected chi connectivity index (χ3v) is 5.21. The Kier molecular flexibility index (Phi) is 7.17. The Hall–Kier alpha value is -3.48. The van der Waals surface area contributed by atoms with Crippen LogP contribution >= 0.6 is 23.2 Å². The number of rotatable bonds is 8. The second-order valence-corrected chi connectivity index (χ2v) is 7.68. The van der Waals surface area contributed by atoms with Crippen LogP contribution in [0, 0.1) is 0 Å². The summed E-state index contributed by atoms with van der Waals surface area (Å²) in [6.07, 6.45) is 1.58. The molecule has 3 aromatic rings. The van der Waals surface area contributed by atoms with Crippen molar-refractivity contribution >= 4 is 41.1 Å². The van der Waals surface area contributed by atoms with Crippen molar-refractivity contribution in [1.29, 1.82) is 0 Å². The quantitative estimate of drug-likeness (QED) is 0.230. The Morgan fingerprint density at radius 3 is 2.39 bits per heavy atom. The number of hydrogen-bond acceptors (Lipinski definition) is 6. The molecule has 6 nitrogen and oxygen atoms in total. The number of carbonyl (C=O) groups is 1. The van der Waals surface area contributed by atoms with Gasteiger partial charge in [0, 0.05) is 5.56 Å². The number of esters is 1. The first-order valence-corrected chi connectivity index (χ1v) is 10.8. The Morgan fingerprint density at radius 2 is 1.64 bits per heavy atom. The lowest BCUT2D eigenvalue weighted by Gasteiger charge is -2.14. The number of hydrogen-bond donors (Lipinski definition) is 0. The van der Waals surface area contributed by atoms with Gasteiger partial charge in [0.1, 0.15) is 19.0 Å². The van der Waals surface area contributed by atoms with Crippen LogP contribution in [0.3, 0.4) is 0 Å². The molecule has 1 aliphatic heterocycles. The van der Waals surface area contributed by atoms with Gasteiger partial charge in [-0.25, -0.2) is 9.79 Å². The highest BCUT2D eigenvalue weighted by molar-refractivity contribution is 6.32. The molecule has 0 atom stereocenters. The van der Waals surface area contributed by atoms with Crippen LogP contribution in [0.25, 0.3) is 6.08 Å². The lowest BCUT2D eigenvalue weighted by Crippen LogP contribution is -2.10. The van der Waals surface area contributed by atoms with Crippen LogP contribution < -0.4 is 14.2 Å². The van der Waals surface area contributed by atoms with Crippen LogP contribution in [-0.2, 0) is 9.53 Å². The first kappa shape index (κ1) is 22.7. The van der Waals surface area contributed by atoms with Gasteiger partial charge < -0.3 is 18.9 Å². The van der Waals surface area contributed by atoms with Crippen molar-refractivity contribution in [2.24, 2.45) is 4.99 Å². The minimum absolute atomic E-state index is 0.161. The summed E-state index contributed by atoms with van der Waals surface area (Å²) in [5.74, 6) is 1.06. The van der Waals surface area contributed by atoms with Crippen LogP contribution in [0.5, 0.6) is 17.2 Å². The number of aliphatic imine (C=N–C) groups is 1. The summed E-state index contributed by atoms with van der Waals surface area (Å²) in [5, 5.41) is 0.839. The third kappa shape index (κ3) is 5.48. The van der Waals surface area contributed by atoms with Crippen LogP contribution in [0.2, 0.25) is 10.0 Å². The summed E-state index contributed by atoms with van der Waals surface area (Å²) in [4.78, 5) is 16.6. The molecule has 0 N–H and O–H groups in total. The number of nitrogens with zero attached hydrogens (tertiary/aromatic N) is 1. The number of carbonyl (C=O) groups excluding carboxylic acids is 1. The molecule has 0 aliphatic carbocycles. The second kappa shape index (κ2) is 10.4. The molecule has 3 aromatic carbocycles. The van der Waals surface area contributed by atoms with Crippen LogP contribution in [0.4, 0.5) is 0 Å². The summed E-state index contributed by atoms with van der Waals surface area (Å²) in [6.45, 7) is 0.483. The number of ether oxygens (including phenoxy) is 4. The van der Waals surface area contributed by atoms with Crippen LogP contribution in [0.15, 0.2) is 77.4 Å². The Morgan fingerprint density at radius 1 is 0.909 bits per heavy atom. The fourth-order valence-electron chi connectivity index (χ4n) is 3.09. The highest BCUT2D eigenvalue weighted by Gasteiger charge is 2.24. The van der Waals surface area contributed by atoms with E-state index in [1.807, 2.05) is 42.5 Å². The van der Waals surface area contributed by atoms with Gasteiger partial charge >= 0.3 is 5.97 Å². The zero-order chi connectivity index (χ0) is 23.2. The molecule has 8 heteroatoms. The van der Waals surface area contributed by atoms with Gasteiger partial charge in [-0.2, -0.15) is 0 Å². The number of benzene rings is 3. The van der Waals surface area contributed by atoms with E-state index in [1.165, 1.54) is 7.11 Å². The smallest absolute Gasteiger partial charge is 0.363 e. The third-order valence-electron chi connectivity index (χ3n) is 4.62. The molecule has 0 fully saturated rings. The van der Waals surface area contributed by atoms with E-state index >= 15 is 0 Å². The predicted molar refractivity (Wildman–Crippen MR) is 127 cm³/mol. The predicted octanol–water partition coefficient (Wildman–Crippen LogP) is 5.80. The Balaban J connectivity index is 1.47. The fraction of sp³-hybridized carbons (Fsp3) is 0.120. The molecular weight excluding hydrogens is 465 g/mol. The van der Waals surface area contributed by atoms with Gasteiger partial charge in [0.15, 0.2) is 17.2 Å². The monoisotopic (exact) mass is 483 g/mol. The summed E-state index contributed by atoms with van der Waals surface area (Å²) in [6, 6.07) is 19.7. The van der Waals surface area contributed by atoms with E-state index in [4.69, 9.17) is 42.1 Å². The van der Waals surface area contributed by atoms with Gasteiger partial charge in [0.05, 0.1) is 17.2 Å². The molecule has 0 spiro atoms. The van der Waals surface area contributed by atoms with Crippen molar-refractivity contribution in [1.82, 2.24) is 0 Å². The van der Waals surface area contributed by atoms with Crippen molar-refractivity contribution in [3.05, 3.63) is 93.6 Å². The summed E-state index contributed by atoms with van der Waals surface area (Å²) in [5.41, 5.74) is 1.49. The Bertz CT molecular complexity index is 1220. The molecule has 168 valence electrons. The fourth-order valence-corrected chi connectivity index (χ4v) is 3.56. The van der Waals surface area contributed by atoms with E-state index in [0.717, 1.165) is 0 Å². The first-order valence-electron chi connectivity index (χ1n) is 10.0. The van der Waals surface area contributed by atoms with E-state index in [9.17, 15) is 4.79 Å². The van der Waals surface area contributed by atoms with Gasteiger partial charge in [-0.3, -0.25) is 0 Å². The maximum absolute atomic E-state index is 12.3. The molecule has 33 heavy (non-hydrogen) atoms. The zero-order valence-corrected chi connectivity index (χ0v) is 19.1. The maximum atomic E-state index is 12.3. The van der Waals surface area contributed by atoms with Crippen LogP contribution in [0.1, 0.15) is 11.1 Å². The molecule has 0 bridgehead atoms. The number of cyclic esters (lactones) is 1. The second-order valence-electron chi connectivity index (χ2n) is 6.86. The highest BCUT2D eigenvalue weighted by atomic mass is 35.5. The molecule has 0 aromatic heterocycles. The molecule has 4 rings (SSSR count). The molecule has 0 unspecified atom stereocenters. The van der Waals surface area contributed by atoms with E-state index in [-0.39, 0.29) is 24.8 Å². The van der Waals surface area contributed by atoms with Crippen LogP contribution in [-0.4, -0.2) is 32.2 Å². The maximum Gasteiger partial charge on any atom is 0.363 e. The standard InChI is InChI=1S/C25H19Cl2NO5/c1-30-22-15-16(14-20-25(29)33-24(28-20)17-7-3-2-4-8-17)13-19(27)23(22)32-12-11-31-21-10-6-5-9-18(21)26/h2-10,13-15H,11-12H2,1H3/b20-14-. The van der Waals surface area contributed by atoms with Crippen molar-refractivity contribution in [3.63, 3.8) is 0 Å². The SMILES string of the molecule is COc1cc(/C=C2\N=C(c3ccccc3)OC2=O)cc(Cl)c1OCCOc1ccccc1Cl. The minimum Gasteiger partial charge on any atom is -0.493 e. The topological polar surface area (TPSA) is 66.4 Å². The number of halogens is 2. The first-order chi connectivity index (χ1) is 16.0. The normalized spacial score (nSPS) is 14.1. The number of methoxy groups -OCH3 is 1. The molecule has 1 aliphatic rings. The molecule has 0 radical (unpaired) electrons. The largest absolute Gasteiger partial charge is 0.493 e. The summed E-state index contributed by atoms with van der Waals surface area (Å²) in [7, 11) is 1.51. The average Bonchev–Trinajstić information content (AvgIpc) is 3.19. The summed E-state index contributed by atoms with van der Waals surface area (Å²) < 4.78 is 22.1. The van der Waals surface area contributed by atoms with Gasteiger partial charge in [-0.1, -0.05) is 53.5 Å². The molecule has 0 saturated heterocycles. The lowest BCUT2D eigenvalue weighted by atomic mass is 10.1. The van der Waals surface area contributed by atoms with E-state index in [1.54, 1.807) is 30.3 Å². The average molecular weight is 484 g/mol. The van der Waals surface area contributed by atoms with E-state index in [2.05, 4.69) is 4.99 Å². The molecular formula is C25H19Cl2NO5. The van der Waals surface area contributed by atoms with E-state index in [0.29, 0.717) is 38.4 Å². The minimum atomic E-state index is -0.541. The zero-order valence-electron chi connectivity index (χ0n) is 17.6. The molecule has 1 heterocycles. The van der Waals surface area contributed by atoms with E-state index < -0.39 is 5.97 Å². The highest BCUT2D eigenvalue weighted by Crippen LogP contribution is 2.37. The molecule has 0 saturated carbocycles.